The molecule has 1 aliphatic heterocycles. The number of anilines is 1. The smallest absolute Gasteiger partial charge is 0.272 e. The van der Waals surface area contributed by atoms with Gasteiger partial charge in [0.25, 0.3) is 11.8 Å². The Morgan fingerprint density at radius 3 is 2.24 bits per heavy atom. The molecule has 29 heavy (non-hydrogen) atoms. The number of carbonyl (C=O) groups excluding carboxylic acids is 2. The van der Waals surface area contributed by atoms with Crippen molar-refractivity contribution < 1.29 is 14.0 Å². The molecule has 0 saturated carbocycles. The van der Waals surface area contributed by atoms with Crippen LogP contribution in [-0.4, -0.2) is 11.8 Å². The summed E-state index contributed by atoms with van der Waals surface area (Å²) in [6.45, 7) is 4.22. The molecule has 1 aromatic heterocycles. The van der Waals surface area contributed by atoms with E-state index in [2.05, 4.69) is 13.8 Å². The summed E-state index contributed by atoms with van der Waals surface area (Å²) in [5.41, 5.74) is 2.94. The van der Waals surface area contributed by atoms with Gasteiger partial charge in [-0.05, 0) is 41.3 Å². The summed E-state index contributed by atoms with van der Waals surface area (Å²) < 4.78 is 5.39. The van der Waals surface area contributed by atoms with Crippen LogP contribution in [0, 0.1) is 0 Å². The second kappa shape index (κ2) is 8.13. The lowest BCUT2D eigenvalue weighted by atomic mass is 10.0. The maximum atomic E-state index is 13.3. The Morgan fingerprint density at radius 2 is 1.62 bits per heavy atom. The number of imide groups is 1. The lowest BCUT2D eigenvalue weighted by molar-refractivity contribution is -0.119. The highest BCUT2D eigenvalue weighted by atomic mass is 32.2. The van der Waals surface area contributed by atoms with Crippen LogP contribution in [0.2, 0.25) is 0 Å². The molecule has 0 aliphatic carbocycles. The topological polar surface area (TPSA) is 50.5 Å². The summed E-state index contributed by atoms with van der Waals surface area (Å²) in [7, 11) is 0. The van der Waals surface area contributed by atoms with E-state index in [4.69, 9.17) is 4.42 Å². The number of nitrogens with zero attached hydrogens (tertiary/aromatic N) is 1. The van der Waals surface area contributed by atoms with Crippen LogP contribution in [0.15, 0.2) is 82.3 Å². The fourth-order valence-electron chi connectivity index (χ4n) is 3.28. The number of hydrogen-bond donors (Lipinski definition) is 0. The van der Waals surface area contributed by atoms with E-state index in [1.54, 1.807) is 6.26 Å². The SMILES string of the molecule is CC(C)c1ccc(N2C(=O)C(SCc3ccco3)=C(c3ccccc3)C2=O)cc1. The summed E-state index contributed by atoms with van der Waals surface area (Å²) in [4.78, 5) is 28.3. The molecule has 5 heteroatoms. The maximum absolute atomic E-state index is 13.3. The molecule has 0 unspecified atom stereocenters. The van der Waals surface area contributed by atoms with Gasteiger partial charge >= 0.3 is 0 Å². The molecule has 1 aliphatic rings. The first-order valence-corrected chi connectivity index (χ1v) is 10.5. The number of benzene rings is 2. The summed E-state index contributed by atoms with van der Waals surface area (Å²) in [6.07, 6.45) is 1.60. The minimum absolute atomic E-state index is 0.289. The van der Waals surface area contributed by atoms with Crippen LogP contribution in [0.4, 0.5) is 5.69 Å². The quantitative estimate of drug-likeness (QED) is 0.501. The molecule has 2 heterocycles. The second-order valence-corrected chi connectivity index (χ2v) is 8.12. The standard InChI is InChI=1S/C24H21NO3S/c1-16(2)17-10-12-19(13-11-17)25-23(26)21(18-7-4-3-5-8-18)22(24(25)27)29-15-20-9-6-14-28-20/h3-14,16H,15H2,1-2H3. The van der Waals surface area contributed by atoms with Gasteiger partial charge in [0.15, 0.2) is 0 Å². The normalized spacial score (nSPS) is 14.4. The molecule has 2 aromatic carbocycles. The zero-order valence-electron chi connectivity index (χ0n) is 16.3. The van der Waals surface area contributed by atoms with Gasteiger partial charge in [0.05, 0.1) is 28.2 Å². The van der Waals surface area contributed by atoms with Gasteiger partial charge in [0.1, 0.15) is 5.76 Å². The van der Waals surface area contributed by atoms with E-state index >= 15 is 0 Å². The van der Waals surface area contributed by atoms with Gasteiger partial charge in [0.2, 0.25) is 0 Å². The molecule has 4 rings (SSSR count). The molecule has 0 fully saturated rings. The van der Waals surface area contributed by atoms with Crippen molar-refractivity contribution in [3.05, 3.63) is 94.8 Å². The van der Waals surface area contributed by atoms with Crippen LogP contribution < -0.4 is 4.90 Å². The number of thioether (sulfide) groups is 1. The highest BCUT2D eigenvalue weighted by Crippen LogP contribution is 2.39. The summed E-state index contributed by atoms with van der Waals surface area (Å²) in [6, 6.07) is 20.6. The minimum Gasteiger partial charge on any atom is -0.468 e. The van der Waals surface area contributed by atoms with E-state index in [9.17, 15) is 9.59 Å². The predicted octanol–water partition coefficient (Wildman–Crippen LogP) is 5.62. The van der Waals surface area contributed by atoms with E-state index in [0.717, 1.165) is 16.9 Å². The van der Waals surface area contributed by atoms with Crippen molar-refractivity contribution in [1.29, 1.82) is 0 Å². The number of hydrogen-bond acceptors (Lipinski definition) is 4. The average Bonchev–Trinajstić information content (AvgIpc) is 3.33. The largest absolute Gasteiger partial charge is 0.468 e. The Hall–Kier alpha value is -3.05. The van der Waals surface area contributed by atoms with Gasteiger partial charge in [-0.15, -0.1) is 11.8 Å². The van der Waals surface area contributed by atoms with Gasteiger partial charge in [-0.3, -0.25) is 9.59 Å². The molecule has 0 N–H and O–H groups in total. The Morgan fingerprint density at radius 1 is 0.897 bits per heavy atom. The second-order valence-electron chi connectivity index (χ2n) is 7.13. The van der Waals surface area contributed by atoms with Crippen LogP contribution in [0.25, 0.3) is 5.57 Å². The monoisotopic (exact) mass is 403 g/mol. The average molecular weight is 404 g/mol. The fourth-order valence-corrected chi connectivity index (χ4v) is 4.30. The van der Waals surface area contributed by atoms with E-state index in [0.29, 0.717) is 27.8 Å². The van der Waals surface area contributed by atoms with Crippen molar-refractivity contribution in [3.8, 4) is 0 Å². The number of amides is 2. The first-order valence-electron chi connectivity index (χ1n) is 9.50. The molecular formula is C24H21NO3S. The fraction of sp³-hybridized carbons (Fsp3) is 0.167. The summed E-state index contributed by atoms with van der Waals surface area (Å²) >= 11 is 1.34. The van der Waals surface area contributed by atoms with Crippen LogP contribution in [0.5, 0.6) is 0 Å². The number of furan rings is 1. The van der Waals surface area contributed by atoms with Crippen molar-refractivity contribution >= 4 is 34.8 Å². The third-order valence-corrected chi connectivity index (χ3v) is 5.96. The van der Waals surface area contributed by atoms with Crippen molar-refractivity contribution in [3.63, 3.8) is 0 Å². The van der Waals surface area contributed by atoms with Gasteiger partial charge in [-0.1, -0.05) is 56.3 Å². The van der Waals surface area contributed by atoms with Crippen LogP contribution >= 0.6 is 11.8 Å². The molecular weight excluding hydrogens is 382 g/mol. The van der Waals surface area contributed by atoms with Crippen molar-refractivity contribution in [2.24, 2.45) is 0 Å². The molecule has 0 radical (unpaired) electrons. The molecule has 0 atom stereocenters. The lowest BCUT2D eigenvalue weighted by Crippen LogP contribution is -2.31. The van der Waals surface area contributed by atoms with E-state index in [1.807, 2.05) is 66.7 Å². The molecule has 0 spiro atoms. The Labute approximate surface area is 174 Å². The molecule has 0 bridgehead atoms. The molecule has 146 valence electrons. The predicted molar refractivity (Wildman–Crippen MR) is 116 cm³/mol. The maximum Gasteiger partial charge on any atom is 0.272 e. The third kappa shape index (κ3) is 3.78. The Kier molecular flexibility index (Phi) is 5.41. The highest BCUT2D eigenvalue weighted by Gasteiger charge is 2.40. The van der Waals surface area contributed by atoms with Crippen LogP contribution in [0.3, 0.4) is 0 Å². The number of carbonyl (C=O) groups is 2. The number of rotatable bonds is 6. The first-order chi connectivity index (χ1) is 14.1. The van der Waals surface area contributed by atoms with Crippen molar-refractivity contribution in [1.82, 2.24) is 0 Å². The van der Waals surface area contributed by atoms with Crippen LogP contribution in [-0.2, 0) is 15.3 Å². The van der Waals surface area contributed by atoms with Gasteiger partial charge in [-0.2, -0.15) is 0 Å². The van der Waals surface area contributed by atoms with E-state index in [1.165, 1.54) is 16.7 Å². The first kappa shape index (κ1) is 19.3. The van der Waals surface area contributed by atoms with Gasteiger partial charge in [0, 0.05) is 0 Å². The van der Waals surface area contributed by atoms with Gasteiger partial charge in [-0.25, -0.2) is 4.90 Å². The lowest BCUT2D eigenvalue weighted by Gasteiger charge is -2.16. The molecule has 3 aromatic rings. The Bertz CT molecular complexity index is 1050. The molecule has 2 amide bonds. The summed E-state index contributed by atoms with van der Waals surface area (Å²) in [5, 5.41) is 0. The molecule has 4 nitrogen and oxygen atoms in total. The van der Waals surface area contributed by atoms with Crippen molar-refractivity contribution in [2.45, 2.75) is 25.5 Å². The molecule has 0 saturated heterocycles. The minimum atomic E-state index is -0.291. The Balaban J connectivity index is 1.70. The zero-order chi connectivity index (χ0) is 20.4. The van der Waals surface area contributed by atoms with Crippen LogP contribution in [0.1, 0.15) is 36.7 Å². The van der Waals surface area contributed by atoms with E-state index in [-0.39, 0.29) is 11.8 Å². The zero-order valence-corrected chi connectivity index (χ0v) is 17.1. The highest BCUT2D eigenvalue weighted by molar-refractivity contribution is 8.03. The third-order valence-electron chi connectivity index (χ3n) is 4.86. The van der Waals surface area contributed by atoms with Gasteiger partial charge < -0.3 is 4.42 Å². The summed E-state index contributed by atoms with van der Waals surface area (Å²) in [5.74, 6) is 1.04. The van der Waals surface area contributed by atoms with Crippen molar-refractivity contribution in [2.75, 3.05) is 4.90 Å². The van der Waals surface area contributed by atoms with E-state index < -0.39 is 0 Å².